The predicted molar refractivity (Wildman–Crippen MR) is 57.6 cm³/mol. The summed E-state index contributed by atoms with van der Waals surface area (Å²) < 4.78 is 5.63. The summed E-state index contributed by atoms with van der Waals surface area (Å²) in [5.74, 6) is 0.870. The van der Waals surface area contributed by atoms with Crippen molar-refractivity contribution < 1.29 is 9.84 Å². The summed E-state index contributed by atoms with van der Waals surface area (Å²) in [4.78, 5) is 0. The first-order valence-electron chi connectivity index (χ1n) is 4.92. The molecule has 0 saturated heterocycles. The zero-order chi connectivity index (χ0) is 10.7. The fourth-order valence-corrected chi connectivity index (χ4v) is 1.50. The van der Waals surface area contributed by atoms with E-state index >= 15 is 0 Å². The smallest absolute Gasteiger partial charge is 0.122 e. The lowest BCUT2D eigenvalue weighted by atomic mass is 10.0. The molecule has 78 valence electrons. The Labute approximate surface area is 85.5 Å². The van der Waals surface area contributed by atoms with Gasteiger partial charge in [0.15, 0.2) is 0 Å². The molecule has 0 amide bonds. The third-order valence-corrected chi connectivity index (χ3v) is 2.30. The summed E-state index contributed by atoms with van der Waals surface area (Å²) >= 11 is 0. The van der Waals surface area contributed by atoms with Gasteiger partial charge in [-0.05, 0) is 50.5 Å². The molecule has 1 aromatic rings. The molecule has 0 fully saturated rings. The minimum atomic E-state index is 0.0764. The molecule has 0 bridgehead atoms. The van der Waals surface area contributed by atoms with Crippen molar-refractivity contribution in [1.29, 1.82) is 0 Å². The summed E-state index contributed by atoms with van der Waals surface area (Å²) in [5, 5.41) is 9.20. The molecule has 2 heteroatoms. The molecule has 0 aliphatic heterocycles. The molecule has 0 unspecified atom stereocenters. The van der Waals surface area contributed by atoms with Crippen molar-refractivity contribution in [2.45, 2.75) is 40.4 Å². The van der Waals surface area contributed by atoms with Crippen LogP contribution in [-0.4, -0.2) is 11.2 Å². The molecular weight excluding hydrogens is 176 g/mol. The summed E-state index contributed by atoms with van der Waals surface area (Å²) in [5.41, 5.74) is 3.13. The van der Waals surface area contributed by atoms with Crippen LogP contribution in [0.2, 0.25) is 0 Å². The van der Waals surface area contributed by atoms with Crippen LogP contribution >= 0.6 is 0 Å². The van der Waals surface area contributed by atoms with Gasteiger partial charge in [-0.2, -0.15) is 0 Å². The van der Waals surface area contributed by atoms with Gasteiger partial charge in [-0.3, -0.25) is 0 Å². The van der Waals surface area contributed by atoms with Gasteiger partial charge in [-0.1, -0.05) is 6.07 Å². The second-order valence-electron chi connectivity index (χ2n) is 3.81. The van der Waals surface area contributed by atoms with Gasteiger partial charge in [-0.25, -0.2) is 0 Å². The normalized spacial score (nSPS) is 10.7. The molecule has 1 N–H and O–H groups in total. The molecule has 0 radical (unpaired) electrons. The molecule has 2 nitrogen and oxygen atoms in total. The lowest BCUT2D eigenvalue weighted by molar-refractivity contribution is 0.238. The highest BCUT2D eigenvalue weighted by Crippen LogP contribution is 2.25. The van der Waals surface area contributed by atoms with Crippen LogP contribution in [-0.2, 0) is 6.61 Å². The lowest BCUT2D eigenvalue weighted by Crippen LogP contribution is -2.08. The first-order valence-corrected chi connectivity index (χ1v) is 4.92. The van der Waals surface area contributed by atoms with Crippen LogP contribution in [0.15, 0.2) is 12.1 Å². The highest BCUT2D eigenvalue weighted by atomic mass is 16.5. The van der Waals surface area contributed by atoms with Gasteiger partial charge >= 0.3 is 0 Å². The second-order valence-corrected chi connectivity index (χ2v) is 3.81. The van der Waals surface area contributed by atoms with E-state index in [0.29, 0.717) is 0 Å². The predicted octanol–water partition coefficient (Wildman–Crippen LogP) is 2.58. The van der Waals surface area contributed by atoms with Crippen LogP contribution in [0, 0.1) is 13.8 Å². The number of hydrogen-bond acceptors (Lipinski definition) is 2. The number of benzene rings is 1. The fraction of sp³-hybridized carbons (Fsp3) is 0.500. The molecule has 0 spiro atoms. The number of aliphatic hydroxyl groups is 1. The Balaban J connectivity index is 3.08. The second kappa shape index (κ2) is 4.47. The van der Waals surface area contributed by atoms with Gasteiger partial charge < -0.3 is 9.84 Å². The molecule has 0 heterocycles. The van der Waals surface area contributed by atoms with Crippen molar-refractivity contribution in [2.24, 2.45) is 0 Å². The van der Waals surface area contributed by atoms with Gasteiger partial charge in [0.2, 0.25) is 0 Å². The van der Waals surface area contributed by atoms with Crippen molar-refractivity contribution in [1.82, 2.24) is 0 Å². The van der Waals surface area contributed by atoms with Crippen LogP contribution in [0.4, 0.5) is 0 Å². The molecule has 14 heavy (non-hydrogen) atoms. The fourth-order valence-electron chi connectivity index (χ4n) is 1.50. The van der Waals surface area contributed by atoms with E-state index in [1.165, 1.54) is 0 Å². The Morgan fingerprint density at radius 1 is 1.29 bits per heavy atom. The van der Waals surface area contributed by atoms with E-state index in [1.54, 1.807) is 0 Å². The maximum Gasteiger partial charge on any atom is 0.122 e. The van der Waals surface area contributed by atoms with Gasteiger partial charge in [0, 0.05) is 0 Å². The first-order chi connectivity index (χ1) is 6.56. The van der Waals surface area contributed by atoms with Crippen LogP contribution < -0.4 is 4.74 Å². The van der Waals surface area contributed by atoms with Gasteiger partial charge in [-0.15, -0.1) is 0 Å². The third kappa shape index (κ3) is 2.26. The minimum absolute atomic E-state index is 0.0764. The SMILES string of the molecule is Cc1ccc(OC(C)C)c(C)c1CO. The number of rotatable bonds is 3. The molecular formula is C12H18O2. The van der Waals surface area contributed by atoms with Gasteiger partial charge in [0.25, 0.3) is 0 Å². The van der Waals surface area contributed by atoms with E-state index < -0.39 is 0 Å². The highest BCUT2D eigenvalue weighted by Gasteiger charge is 2.08. The molecule has 1 rings (SSSR count). The molecule has 1 aromatic carbocycles. The van der Waals surface area contributed by atoms with Crippen molar-refractivity contribution in [2.75, 3.05) is 0 Å². The average Bonchev–Trinajstić information content (AvgIpc) is 2.10. The third-order valence-electron chi connectivity index (χ3n) is 2.30. The monoisotopic (exact) mass is 194 g/mol. The lowest BCUT2D eigenvalue weighted by Gasteiger charge is -2.15. The Kier molecular flexibility index (Phi) is 3.53. The quantitative estimate of drug-likeness (QED) is 0.801. The summed E-state index contributed by atoms with van der Waals surface area (Å²) in [6.45, 7) is 8.05. The van der Waals surface area contributed by atoms with Crippen molar-refractivity contribution in [3.05, 3.63) is 28.8 Å². The van der Waals surface area contributed by atoms with E-state index in [0.717, 1.165) is 22.4 Å². The first kappa shape index (κ1) is 11.1. The van der Waals surface area contributed by atoms with E-state index in [-0.39, 0.29) is 12.7 Å². The zero-order valence-electron chi connectivity index (χ0n) is 9.29. The number of hydrogen-bond donors (Lipinski definition) is 1. The topological polar surface area (TPSA) is 29.5 Å². The van der Waals surface area contributed by atoms with Crippen molar-refractivity contribution in [3.63, 3.8) is 0 Å². The van der Waals surface area contributed by atoms with E-state index in [4.69, 9.17) is 4.74 Å². The summed E-state index contributed by atoms with van der Waals surface area (Å²) in [7, 11) is 0. The van der Waals surface area contributed by atoms with E-state index in [2.05, 4.69) is 0 Å². The number of ether oxygens (including phenoxy) is 1. The van der Waals surface area contributed by atoms with Crippen LogP contribution in [0.5, 0.6) is 5.75 Å². The number of aliphatic hydroxyl groups excluding tert-OH is 1. The van der Waals surface area contributed by atoms with E-state index in [9.17, 15) is 5.11 Å². The Morgan fingerprint density at radius 3 is 2.43 bits per heavy atom. The van der Waals surface area contributed by atoms with Crippen molar-refractivity contribution >= 4 is 0 Å². The minimum Gasteiger partial charge on any atom is -0.491 e. The maximum atomic E-state index is 9.20. The Morgan fingerprint density at radius 2 is 1.93 bits per heavy atom. The summed E-state index contributed by atoms with van der Waals surface area (Å²) in [6, 6.07) is 3.94. The summed E-state index contributed by atoms with van der Waals surface area (Å²) in [6.07, 6.45) is 0.169. The molecule has 0 aliphatic carbocycles. The van der Waals surface area contributed by atoms with Gasteiger partial charge in [0.05, 0.1) is 12.7 Å². The van der Waals surface area contributed by atoms with Crippen molar-refractivity contribution in [3.8, 4) is 5.75 Å². The molecule has 0 aromatic heterocycles. The maximum absolute atomic E-state index is 9.20. The van der Waals surface area contributed by atoms with Crippen LogP contribution in [0.3, 0.4) is 0 Å². The molecule has 0 aliphatic rings. The highest BCUT2D eigenvalue weighted by molar-refractivity contribution is 5.43. The zero-order valence-corrected chi connectivity index (χ0v) is 9.29. The Hall–Kier alpha value is -1.02. The standard InChI is InChI=1S/C12H18O2/c1-8(2)14-12-6-5-9(3)11(7-13)10(12)4/h5-6,8,13H,7H2,1-4H3. The van der Waals surface area contributed by atoms with E-state index in [1.807, 2.05) is 39.8 Å². The number of aryl methyl sites for hydroxylation is 1. The molecule has 0 atom stereocenters. The largest absolute Gasteiger partial charge is 0.491 e. The average molecular weight is 194 g/mol. The van der Waals surface area contributed by atoms with Crippen LogP contribution in [0.1, 0.15) is 30.5 Å². The van der Waals surface area contributed by atoms with Gasteiger partial charge in [0.1, 0.15) is 5.75 Å². The Bertz CT molecular complexity index is 316. The molecule has 0 saturated carbocycles. The van der Waals surface area contributed by atoms with Crippen LogP contribution in [0.25, 0.3) is 0 Å².